The van der Waals surface area contributed by atoms with Crippen LogP contribution in [-0.4, -0.2) is 75.1 Å². The van der Waals surface area contributed by atoms with Crippen LogP contribution in [0.3, 0.4) is 0 Å². The van der Waals surface area contributed by atoms with Crippen molar-refractivity contribution in [2.75, 3.05) is 53.5 Å². The van der Waals surface area contributed by atoms with Crippen molar-refractivity contribution < 1.29 is 19.1 Å². The molecule has 2 saturated heterocycles. The highest BCUT2D eigenvalue weighted by molar-refractivity contribution is 5.98. The van der Waals surface area contributed by atoms with Gasteiger partial charge < -0.3 is 24.6 Å². The molecular weight excluding hydrogens is 334 g/mol. The van der Waals surface area contributed by atoms with Crippen LogP contribution in [0.25, 0.3) is 0 Å². The SMILES string of the molecule is COc1cccc(C(=O)N2CCN(C(=O)C(C)C3CNC3)CC2)c1OC. The van der Waals surface area contributed by atoms with Gasteiger partial charge >= 0.3 is 0 Å². The van der Waals surface area contributed by atoms with E-state index in [1.165, 1.54) is 7.11 Å². The maximum atomic E-state index is 12.9. The Hall–Kier alpha value is -2.28. The van der Waals surface area contributed by atoms with Gasteiger partial charge in [-0.15, -0.1) is 0 Å². The fourth-order valence-corrected chi connectivity index (χ4v) is 3.51. The minimum atomic E-state index is -0.0934. The molecule has 0 aliphatic carbocycles. The third-order valence-electron chi connectivity index (χ3n) is 5.42. The second kappa shape index (κ2) is 7.95. The predicted octanol–water partition coefficient (Wildman–Crippen LogP) is 0.844. The molecule has 1 aromatic carbocycles. The van der Waals surface area contributed by atoms with Gasteiger partial charge in [0.05, 0.1) is 19.8 Å². The molecule has 1 unspecified atom stereocenters. The number of nitrogens with one attached hydrogen (secondary N) is 1. The summed E-state index contributed by atoms with van der Waals surface area (Å²) in [6, 6.07) is 5.29. The molecule has 0 saturated carbocycles. The fraction of sp³-hybridized carbons (Fsp3) is 0.579. The Kier molecular flexibility index (Phi) is 5.66. The minimum absolute atomic E-state index is 0.0389. The molecule has 0 spiro atoms. The number of amides is 2. The largest absolute Gasteiger partial charge is 0.493 e. The highest BCUT2D eigenvalue weighted by Gasteiger charge is 2.34. The zero-order valence-corrected chi connectivity index (χ0v) is 15.7. The molecule has 2 fully saturated rings. The highest BCUT2D eigenvalue weighted by atomic mass is 16.5. The molecule has 2 heterocycles. The van der Waals surface area contributed by atoms with E-state index in [-0.39, 0.29) is 17.7 Å². The molecule has 0 radical (unpaired) electrons. The van der Waals surface area contributed by atoms with E-state index < -0.39 is 0 Å². The molecule has 3 rings (SSSR count). The van der Waals surface area contributed by atoms with Gasteiger partial charge in [0, 0.05) is 32.1 Å². The van der Waals surface area contributed by atoms with Gasteiger partial charge in [-0.25, -0.2) is 0 Å². The van der Waals surface area contributed by atoms with Crippen LogP contribution in [0.5, 0.6) is 11.5 Å². The first-order chi connectivity index (χ1) is 12.6. The van der Waals surface area contributed by atoms with E-state index in [1.807, 2.05) is 11.8 Å². The average Bonchev–Trinajstić information content (AvgIpc) is 2.64. The van der Waals surface area contributed by atoms with Gasteiger partial charge in [-0.3, -0.25) is 9.59 Å². The first-order valence-electron chi connectivity index (χ1n) is 9.06. The zero-order valence-electron chi connectivity index (χ0n) is 15.7. The first kappa shape index (κ1) is 18.5. The van der Waals surface area contributed by atoms with Crippen LogP contribution >= 0.6 is 0 Å². The summed E-state index contributed by atoms with van der Waals surface area (Å²) in [5.74, 6) is 1.56. The summed E-state index contributed by atoms with van der Waals surface area (Å²) in [7, 11) is 3.08. The summed E-state index contributed by atoms with van der Waals surface area (Å²) in [6.07, 6.45) is 0. The van der Waals surface area contributed by atoms with E-state index in [1.54, 1.807) is 30.2 Å². The lowest BCUT2D eigenvalue weighted by atomic mass is 9.88. The van der Waals surface area contributed by atoms with Gasteiger partial charge in [-0.05, 0) is 31.1 Å². The van der Waals surface area contributed by atoms with Gasteiger partial charge in [0.1, 0.15) is 0 Å². The van der Waals surface area contributed by atoms with Crippen molar-refractivity contribution in [1.29, 1.82) is 0 Å². The van der Waals surface area contributed by atoms with Crippen LogP contribution in [-0.2, 0) is 4.79 Å². The Bertz CT molecular complexity index is 667. The second-order valence-corrected chi connectivity index (χ2v) is 6.87. The third kappa shape index (κ3) is 3.49. The smallest absolute Gasteiger partial charge is 0.257 e. The molecular formula is C19H27N3O4. The minimum Gasteiger partial charge on any atom is -0.493 e. The Balaban J connectivity index is 1.63. The quantitative estimate of drug-likeness (QED) is 0.842. The molecule has 2 amide bonds. The number of piperazine rings is 1. The lowest BCUT2D eigenvalue weighted by Gasteiger charge is -2.39. The number of rotatable bonds is 5. The maximum Gasteiger partial charge on any atom is 0.257 e. The van der Waals surface area contributed by atoms with Crippen LogP contribution in [0.1, 0.15) is 17.3 Å². The van der Waals surface area contributed by atoms with E-state index in [9.17, 15) is 9.59 Å². The Morgan fingerprint density at radius 2 is 1.73 bits per heavy atom. The molecule has 142 valence electrons. The summed E-state index contributed by atoms with van der Waals surface area (Å²) in [5, 5.41) is 3.21. The average molecular weight is 361 g/mol. The molecule has 7 nitrogen and oxygen atoms in total. The van der Waals surface area contributed by atoms with E-state index in [0.717, 1.165) is 13.1 Å². The summed E-state index contributed by atoms with van der Waals surface area (Å²) >= 11 is 0. The number of methoxy groups -OCH3 is 2. The molecule has 26 heavy (non-hydrogen) atoms. The third-order valence-corrected chi connectivity index (χ3v) is 5.42. The van der Waals surface area contributed by atoms with Gasteiger partial charge in [-0.2, -0.15) is 0 Å². The topological polar surface area (TPSA) is 71.1 Å². The van der Waals surface area contributed by atoms with Gasteiger partial charge in [0.15, 0.2) is 11.5 Å². The van der Waals surface area contributed by atoms with Crippen molar-refractivity contribution in [3.63, 3.8) is 0 Å². The number of benzene rings is 1. The lowest BCUT2D eigenvalue weighted by Crippen LogP contribution is -2.55. The molecule has 7 heteroatoms. The number of nitrogens with zero attached hydrogens (tertiary/aromatic N) is 2. The lowest BCUT2D eigenvalue weighted by molar-refractivity contribution is -0.138. The summed E-state index contributed by atoms with van der Waals surface area (Å²) in [4.78, 5) is 29.2. The Morgan fingerprint density at radius 3 is 2.27 bits per heavy atom. The van der Waals surface area contributed by atoms with Crippen LogP contribution in [0.15, 0.2) is 18.2 Å². The summed E-state index contributed by atoms with van der Waals surface area (Å²) in [6.45, 7) is 6.04. The summed E-state index contributed by atoms with van der Waals surface area (Å²) in [5.41, 5.74) is 0.487. The van der Waals surface area contributed by atoms with Crippen molar-refractivity contribution in [3.8, 4) is 11.5 Å². The molecule has 2 aliphatic heterocycles. The molecule has 1 aromatic rings. The first-order valence-corrected chi connectivity index (χ1v) is 9.06. The molecule has 2 aliphatic rings. The number of carbonyl (C=O) groups is 2. The number of para-hydroxylation sites is 1. The van der Waals surface area contributed by atoms with Crippen LogP contribution in [0, 0.1) is 11.8 Å². The molecule has 0 bridgehead atoms. The van der Waals surface area contributed by atoms with E-state index in [0.29, 0.717) is 49.2 Å². The van der Waals surface area contributed by atoms with Crippen LogP contribution in [0.2, 0.25) is 0 Å². The highest BCUT2D eigenvalue weighted by Crippen LogP contribution is 2.31. The van der Waals surface area contributed by atoms with Gasteiger partial charge in [0.2, 0.25) is 5.91 Å². The number of ether oxygens (including phenoxy) is 2. The normalized spacial score (nSPS) is 18.9. The zero-order chi connectivity index (χ0) is 18.7. The number of hydrogen-bond acceptors (Lipinski definition) is 5. The predicted molar refractivity (Wildman–Crippen MR) is 97.6 cm³/mol. The Labute approximate surface area is 154 Å². The number of hydrogen-bond donors (Lipinski definition) is 1. The van der Waals surface area contributed by atoms with Crippen LogP contribution in [0.4, 0.5) is 0 Å². The van der Waals surface area contributed by atoms with Crippen molar-refractivity contribution in [2.45, 2.75) is 6.92 Å². The van der Waals surface area contributed by atoms with Gasteiger partial charge in [0.25, 0.3) is 5.91 Å². The Morgan fingerprint density at radius 1 is 1.08 bits per heavy atom. The van der Waals surface area contributed by atoms with Crippen LogP contribution < -0.4 is 14.8 Å². The summed E-state index contributed by atoms with van der Waals surface area (Å²) < 4.78 is 10.6. The molecule has 0 aromatic heterocycles. The van der Waals surface area contributed by atoms with E-state index in [2.05, 4.69) is 5.32 Å². The fourth-order valence-electron chi connectivity index (χ4n) is 3.51. The van der Waals surface area contributed by atoms with Gasteiger partial charge in [-0.1, -0.05) is 13.0 Å². The van der Waals surface area contributed by atoms with E-state index in [4.69, 9.17) is 9.47 Å². The monoisotopic (exact) mass is 361 g/mol. The molecule has 1 N–H and O–H groups in total. The second-order valence-electron chi connectivity index (χ2n) is 6.87. The molecule has 1 atom stereocenters. The van der Waals surface area contributed by atoms with Crippen molar-refractivity contribution in [1.82, 2.24) is 15.1 Å². The number of carbonyl (C=O) groups excluding carboxylic acids is 2. The standard InChI is InChI=1S/C19H27N3O4/c1-13(14-11-20-12-14)18(23)21-7-9-22(10-8-21)19(24)15-5-4-6-16(25-2)17(15)26-3/h4-6,13-14,20H,7-12H2,1-3H3. The maximum absolute atomic E-state index is 12.9. The van der Waals surface area contributed by atoms with E-state index >= 15 is 0 Å². The van der Waals surface area contributed by atoms with Crippen molar-refractivity contribution >= 4 is 11.8 Å². The van der Waals surface area contributed by atoms with Crippen molar-refractivity contribution in [3.05, 3.63) is 23.8 Å². The van der Waals surface area contributed by atoms with Crippen molar-refractivity contribution in [2.24, 2.45) is 11.8 Å².